The topological polar surface area (TPSA) is 61.6 Å². The maximum absolute atomic E-state index is 12.2. The van der Waals surface area contributed by atoms with Crippen molar-refractivity contribution in [1.29, 1.82) is 0 Å². The van der Waals surface area contributed by atoms with E-state index in [1.165, 1.54) is 0 Å². The molecule has 0 amide bonds. The van der Waals surface area contributed by atoms with Gasteiger partial charge in [-0.2, -0.15) is 0 Å². The molecule has 2 saturated heterocycles. The van der Waals surface area contributed by atoms with Crippen molar-refractivity contribution in [3.05, 3.63) is 0 Å². The Kier molecular flexibility index (Phi) is 4.17. The number of hydrogen-bond acceptors (Lipinski definition) is 4. The Hall–Kier alpha value is -0.450. The second kappa shape index (κ2) is 5.46. The average molecular weight is 241 g/mol. The molecule has 0 bridgehead atoms. The van der Waals surface area contributed by atoms with Crippen LogP contribution in [0.2, 0.25) is 0 Å². The van der Waals surface area contributed by atoms with E-state index >= 15 is 0 Å². The van der Waals surface area contributed by atoms with Gasteiger partial charge in [0.2, 0.25) is 0 Å². The Balaban J connectivity index is 1.98. The van der Waals surface area contributed by atoms with Crippen LogP contribution in [0.15, 0.2) is 0 Å². The van der Waals surface area contributed by atoms with Gasteiger partial charge in [0, 0.05) is 38.2 Å². The number of Topliss-reactive ketones (excluding diaryl/α,β-unsaturated/α-hetero) is 1. The second-order valence-corrected chi connectivity index (χ2v) is 5.37. The maximum Gasteiger partial charge on any atom is 0.140 e. The fourth-order valence-electron chi connectivity index (χ4n) is 2.88. The molecule has 0 saturated carbocycles. The lowest BCUT2D eigenvalue weighted by atomic mass is 9.77. The Morgan fingerprint density at radius 2 is 2.12 bits per heavy atom. The van der Waals surface area contributed by atoms with Gasteiger partial charge in [0.1, 0.15) is 5.78 Å². The predicted octanol–water partition coefficient (Wildman–Crippen LogP) is 1.13. The van der Waals surface area contributed by atoms with Crippen molar-refractivity contribution in [3.63, 3.8) is 0 Å². The molecule has 4 heteroatoms. The number of carbonyl (C=O) groups excluding carboxylic acids is 1. The number of rotatable bonds is 3. The molecule has 2 rings (SSSR count). The quantitative estimate of drug-likeness (QED) is 0.804. The van der Waals surface area contributed by atoms with Crippen LogP contribution in [0.25, 0.3) is 0 Å². The Bertz CT molecular complexity index is 268. The zero-order valence-corrected chi connectivity index (χ0v) is 10.6. The summed E-state index contributed by atoms with van der Waals surface area (Å²) < 4.78 is 11.3. The molecule has 17 heavy (non-hydrogen) atoms. The number of nitrogens with two attached hydrogens (primary N) is 1. The molecule has 2 atom stereocenters. The van der Waals surface area contributed by atoms with Gasteiger partial charge in [-0.25, -0.2) is 0 Å². The van der Waals surface area contributed by atoms with Crippen LogP contribution in [0.5, 0.6) is 0 Å². The van der Waals surface area contributed by atoms with Crippen LogP contribution in [0.1, 0.15) is 32.6 Å². The largest absolute Gasteiger partial charge is 0.381 e. The van der Waals surface area contributed by atoms with E-state index in [1.54, 1.807) is 0 Å². The minimum atomic E-state index is -0.0921. The summed E-state index contributed by atoms with van der Waals surface area (Å²) in [6.07, 6.45) is 3.56. The minimum Gasteiger partial charge on any atom is -0.381 e. The van der Waals surface area contributed by atoms with E-state index in [0.29, 0.717) is 18.9 Å². The van der Waals surface area contributed by atoms with Crippen LogP contribution in [0, 0.1) is 11.8 Å². The van der Waals surface area contributed by atoms with Gasteiger partial charge in [0.15, 0.2) is 0 Å². The van der Waals surface area contributed by atoms with Gasteiger partial charge < -0.3 is 15.2 Å². The predicted molar refractivity (Wildman–Crippen MR) is 64.7 cm³/mol. The molecule has 0 aromatic rings. The lowest BCUT2D eigenvalue weighted by Gasteiger charge is -2.43. The number of hydrogen-bond donors (Lipinski definition) is 1. The highest BCUT2D eigenvalue weighted by Crippen LogP contribution is 2.38. The summed E-state index contributed by atoms with van der Waals surface area (Å²) in [5, 5.41) is 0. The highest BCUT2D eigenvalue weighted by atomic mass is 16.5. The highest BCUT2D eigenvalue weighted by molar-refractivity contribution is 5.83. The standard InChI is InChI=1S/C13H23NO3/c1-10(9-14)12(15)11-2-5-17-13(8-11)3-6-16-7-4-13/h10-11H,2-9,14H2,1H3. The Labute approximate surface area is 103 Å². The summed E-state index contributed by atoms with van der Waals surface area (Å²) in [4.78, 5) is 12.2. The van der Waals surface area contributed by atoms with Crippen molar-refractivity contribution in [2.45, 2.75) is 38.2 Å². The van der Waals surface area contributed by atoms with Crippen molar-refractivity contribution in [2.24, 2.45) is 17.6 Å². The normalized spacial score (nSPS) is 30.1. The van der Waals surface area contributed by atoms with E-state index in [-0.39, 0.29) is 17.4 Å². The monoisotopic (exact) mass is 241 g/mol. The fraction of sp³-hybridized carbons (Fsp3) is 0.923. The van der Waals surface area contributed by atoms with Crippen molar-refractivity contribution in [2.75, 3.05) is 26.4 Å². The van der Waals surface area contributed by atoms with E-state index in [4.69, 9.17) is 15.2 Å². The third-order valence-corrected chi connectivity index (χ3v) is 4.14. The summed E-state index contributed by atoms with van der Waals surface area (Å²) in [5.41, 5.74) is 5.49. The SMILES string of the molecule is CC(CN)C(=O)C1CCOC2(CCOCC2)C1. The van der Waals surface area contributed by atoms with E-state index in [2.05, 4.69) is 0 Å². The van der Waals surface area contributed by atoms with Crippen LogP contribution in [-0.2, 0) is 14.3 Å². The van der Waals surface area contributed by atoms with Gasteiger partial charge in [0.25, 0.3) is 0 Å². The van der Waals surface area contributed by atoms with E-state index in [9.17, 15) is 4.79 Å². The summed E-state index contributed by atoms with van der Waals surface area (Å²) in [6, 6.07) is 0. The molecule has 2 aliphatic heterocycles. The molecule has 0 aromatic carbocycles. The smallest absolute Gasteiger partial charge is 0.140 e. The number of ether oxygens (including phenoxy) is 2. The van der Waals surface area contributed by atoms with E-state index in [1.807, 2.05) is 6.92 Å². The van der Waals surface area contributed by atoms with Crippen LogP contribution in [0.3, 0.4) is 0 Å². The molecule has 1 spiro atoms. The van der Waals surface area contributed by atoms with Gasteiger partial charge in [-0.3, -0.25) is 4.79 Å². The summed E-state index contributed by atoms with van der Waals surface area (Å²) >= 11 is 0. The summed E-state index contributed by atoms with van der Waals surface area (Å²) in [7, 11) is 0. The third kappa shape index (κ3) is 2.87. The average Bonchev–Trinajstić information content (AvgIpc) is 2.38. The van der Waals surface area contributed by atoms with Crippen LogP contribution >= 0.6 is 0 Å². The molecule has 2 aliphatic rings. The molecule has 98 valence electrons. The Morgan fingerprint density at radius 3 is 2.76 bits per heavy atom. The lowest BCUT2D eigenvalue weighted by Crippen LogP contribution is -2.47. The van der Waals surface area contributed by atoms with Crippen LogP contribution < -0.4 is 5.73 Å². The Morgan fingerprint density at radius 1 is 1.41 bits per heavy atom. The summed E-state index contributed by atoms with van der Waals surface area (Å²) in [5.74, 6) is 0.442. The fourth-order valence-corrected chi connectivity index (χ4v) is 2.88. The molecule has 0 aliphatic carbocycles. The van der Waals surface area contributed by atoms with Gasteiger partial charge in [0.05, 0.1) is 5.60 Å². The first-order valence-corrected chi connectivity index (χ1v) is 6.62. The molecule has 0 radical (unpaired) electrons. The van der Waals surface area contributed by atoms with E-state index in [0.717, 1.165) is 38.9 Å². The molecule has 2 fully saturated rings. The summed E-state index contributed by atoms with van der Waals surface area (Å²) in [6.45, 7) is 4.59. The first-order valence-electron chi connectivity index (χ1n) is 6.62. The van der Waals surface area contributed by atoms with Crippen LogP contribution in [0.4, 0.5) is 0 Å². The number of carbonyl (C=O) groups is 1. The highest BCUT2D eigenvalue weighted by Gasteiger charge is 2.41. The third-order valence-electron chi connectivity index (χ3n) is 4.14. The van der Waals surface area contributed by atoms with Crippen LogP contribution in [-0.4, -0.2) is 37.7 Å². The van der Waals surface area contributed by atoms with Gasteiger partial charge in [-0.1, -0.05) is 6.92 Å². The number of ketones is 1. The molecule has 4 nitrogen and oxygen atoms in total. The molecular formula is C13H23NO3. The van der Waals surface area contributed by atoms with Crippen molar-refractivity contribution in [3.8, 4) is 0 Å². The molecular weight excluding hydrogens is 218 g/mol. The van der Waals surface area contributed by atoms with Crippen molar-refractivity contribution in [1.82, 2.24) is 0 Å². The van der Waals surface area contributed by atoms with Gasteiger partial charge >= 0.3 is 0 Å². The molecule has 2 heterocycles. The molecule has 2 unspecified atom stereocenters. The lowest BCUT2D eigenvalue weighted by molar-refractivity contribution is -0.158. The first-order chi connectivity index (χ1) is 8.17. The first kappa shape index (κ1) is 13.0. The zero-order chi connectivity index (χ0) is 12.3. The van der Waals surface area contributed by atoms with Gasteiger partial charge in [-0.05, 0) is 25.7 Å². The van der Waals surface area contributed by atoms with Gasteiger partial charge in [-0.15, -0.1) is 0 Å². The van der Waals surface area contributed by atoms with Crippen molar-refractivity contribution < 1.29 is 14.3 Å². The minimum absolute atomic E-state index is 0.0185. The zero-order valence-electron chi connectivity index (χ0n) is 10.6. The van der Waals surface area contributed by atoms with E-state index < -0.39 is 0 Å². The molecule has 0 aromatic heterocycles. The van der Waals surface area contributed by atoms with Crippen molar-refractivity contribution >= 4 is 5.78 Å². The second-order valence-electron chi connectivity index (χ2n) is 5.37. The maximum atomic E-state index is 12.2. The molecule has 2 N–H and O–H groups in total.